The van der Waals surface area contributed by atoms with Gasteiger partial charge in [-0.1, -0.05) is 66.2 Å². The van der Waals surface area contributed by atoms with Gasteiger partial charge >= 0.3 is 0 Å². The number of carbonyl (C=O) groups excluding carboxylic acids is 2. The van der Waals surface area contributed by atoms with Crippen molar-refractivity contribution in [1.82, 2.24) is 0 Å². The molecule has 0 bridgehead atoms. The molecule has 2 aliphatic rings. The maximum atomic E-state index is 14.4. The van der Waals surface area contributed by atoms with Crippen molar-refractivity contribution in [2.45, 2.75) is 31.7 Å². The third-order valence-electron chi connectivity index (χ3n) is 8.00. The quantitative estimate of drug-likeness (QED) is 0.287. The molecule has 206 valence electrons. The van der Waals surface area contributed by atoms with E-state index in [4.69, 9.17) is 9.47 Å². The molecule has 0 saturated carbocycles. The summed E-state index contributed by atoms with van der Waals surface area (Å²) >= 11 is 0. The Morgan fingerprint density at radius 1 is 0.805 bits per heavy atom. The average molecular weight is 545 g/mol. The summed E-state index contributed by atoms with van der Waals surface area (Å²) < 4.78 is 11.2. The van der Waals surface area contributed by atoms with Crippen LogP contribution in [0, 0.1) is 6.92 Å². The largest absolute Gasteiger partial charge is 0.493 e. The number of Topliss-reactive ketones (excluding diaryl/α,β-unsaturated/α-hetero) is 1. The molecule has 2 atom stereocenters. The highest BCUT2D eigenvalue weighted by molar-refractivity contribution is 6.12. The average Bonchev–Trinajstić information content (AvgIpc) is 3.16. The van der Waals surface area contributed by atoms with Gasteiger partial charge in [-0.15, -0.1) is 0 Å². The van der Waals surface area contributed by atoms with E-state index in [0.29, 0.717) is 41.2 Å². The molecule has 1 aliphatic carbocycles. The van der Waals surface area contributed by atoms with Crippen molar-refractivity contribution in [3.8, 4) is 11.5 Å². The fourth-order valence-electron chi connectivity index (χ4n) is 5.95. The van der Waals surface area contributed by atoms with Gasteiger partial charge in [0.05, 0.1) is 31.6 Å². The Bertz CT molecular complexity index is 1640. The number of rotatable bonds is 5. The number of para-hydroxylation sites is 2. The fraction of sp³-hybridized carbons (Fsp3) is 0.200. The van der Waals surface area contributed by atoms with Gasteiger partial charge in [0.15, 0.2) is 17.3 Å². The first-order chi connectivity index (χ1) is 20.0. The molecule has 6 nitrogen and oxygen atoms in total. The van der Waals surface area contributed by atoms with Gasteiger partial charge in [0.25, 0.3) is 5.91 Å². The van der Waals surface area contributed by atoms with E-state index < -0.39 is 6.04 Å². The fourth-order valence-corrected chi connectivity index (χ4v) is 5.95. The Morgan fingerprint density at radius 2 is 1.49 bits per heavy atom. The van der Waals surface area contributed by atoms with E-state index in [1.807, 2.05) is 60.7 Å². The molecule has 1 N–H and O–H groups in total. The second-order valence-corrected chi connectivity index (χ2v) is 10.5. The number of carbonyl (C=O) groups is 2. The summed E-state index contributed by atoms with van der Waals surface area (Å²) in [7, 11) is 3.17. The third kappa shape index (κ3) is 4.86. The number of ether oxygens (including phenoxy) is 2. The summed E-state index contributed by atoms with van der Waals surface area (Å²) in [6.45, 7) is 2.06. The Hall–Kier alpha value is -4.84. The lowest BCUT2D eigenvalue weighted by Crippen LogP contribution is -2.38. The van der Waals surface area contributed by atoms with E-state index in [1.165, 1.54) is 5.56 Å². The summed E-state index contributed by atoms with van der Waals surface area (Å²) in [6, 6.07) is 30.3. The van der Waals surface area contributed by atoms with Gasteiger partial charge in [-0.25, -0.2) is 0 Å². The number of anilines is 2. The monoisotopic (exact) mass is 544 g/mol. The van der Waals surface area contributed by atoms with Crippen LogP contribution in [0.25, 0.3) is 0 Å². The normalized spacial score (nSPS) is 18.1. The van der Waals surface area contributed by atoms with Gasteiger partial charge in [-0.05, 0) is 66.8 Å². The molecular formula is C35H32N2O4. The molecule has 41 heavy (non-hydrogen) atoms. The summed E-state index contributed by atoms with van der Waals surface area (Å²) in [5.41, 5.74) is 6.54. The Balaban J connectivity index is 1.57. The van der Waals surface area contributed by atoms with E-state index in [2.05, 4.69) is 36.5 Å². The molecular weight excluding hydrogens is 512 g/mol. The molecule has 1 aliphatic heterocycles. The minimum Gasteiger partial charge on any atom is -0.493 e. The highest BCUT2D eigenvalue weighted by atomic mass is 16.5. The van der Waals surface area contributed by atoms with Crippen molar-refractivity contribution >= 4 is 23.1 Å². The molecule has 0 unspecified atom stereocenters. The zero-order valence-electron chi connectivity index (χ0n) is 23.4. The van der Waals surface area contributed by atoms with E-state index >= 15 is 0 Å². The number of benzene rings is 4. The number of nitrogens with zero attached hydrogens (tertiary/aromatic N) is 1. The van der Waals surface area contributed by atoms with Gasteiger partial charge in [-0.3, -0.25) is 14.5 Å². The SMILES string of the molecule is COc1ccc([C@@H]2C3=C(C[C@@H](c4ccc(C)cc4)CC3=O)Nc3ccccc3N2C(=O)c2ccccc2)cc1OC. The van der Waals surface area contributed by atoms with E-state index in [1.54, 1.807) is 31.3 Å². The van der Waals surface area contributed by atoms with Gasteiger partial charge in [0, 0.05) is 23.3 Å². The molecule has 4 aromatic rings. The van der Waals surface area contributed by atoms with Gasteiger partial charge < -0.3 is 14.8 Å². The first kappa shape index (κ1) is 26.4. The van der Waals surface area contributed by atoms with Crippen molar-refractivity contribution in [2.75, 3.05) is 24.4 Å². The first-order valence-electron chi connectivity index (χ1n) is 13.8. The zero-order valence-corrected chi connectivity index (χ0v) is 23.4. The molecule has 0 saturated heterocycles. The number of aryl methyl sites for hydroxylation is 1. The number of allylic oxidation sites excluding steroid dienone is 1. The van der Waals surface area contributed by atoms with Crippen LogP contribution in [0.15, 0.2) is 108 Å². The molecule has 1 amide bonds. The Kier molecular flexibility index (Phi) is 7.06. The van der Waals surface area contributed by atoms with Crippen LogP contribution in [0.1, 0.15) is 51.8 Å². The number of nitrogens with one attached hydrogen (secondary N) is 1. The number of hydrogen-bond donors (Lipinski definition) is 1. The van der Waals surface area contributed by atoms with Crippen LogP contribution in [0.2, 0.25) is 0 Å². The Labute approximate surface area is 240 Å². The van der Waals surface area contributed by atoms with Crippen LogP contribution in [-0.2, 0) is 4.79 Å². The van der Waals surface area contributed by atoms with E-state index in [-0.39, 0.29) is 17.6 Å². The molecule has 0 aromatic heterocycles. The van der Waals surface area contributed by atoms with Crippen LogP contribution >= 0.6 is 0 Å². The van der Waals surface area contributed by atoms with E-state index in [9.17, 15) is 9.59 Å². The zero-order chi connectivity index (χ0) is 28.5. The van der Waals surface area contributed by atoms with Gasteiger partial charge in [0.1, 0.15) is 0 Å². The topological polar surface area (TPSA) is 67.9 Å². The first-order valence-corrected chi connectivity index (χ1v) is 13.8. The molecule has 4 aromatic carbocycles. The summed E-state index contributed by atoms with van der Waals surface area (Å²) in [4.78, 5) is 30.4. The maximum absolute atomic E-state index is 14.4. The summed E-state index contributed by atoms with van der Waals surface area (Å²) in [5.74, 6) is 0.965. The number of amides is 1. The molecule has 0 radical (unpaired) electrons. The molecule has 1 heterocycles. The van der Waals surface area contributed by atoms with Gasteiger partial charge in [-0.2, -0.15) is 0 Å². The predicted molar refractivity (Wildman–Crippen MR) is 161 cm³/mol. The van der Waals surface area contributed by atoms with Crippen molar-refractivity contribution in [1.29, 1.82) is 0 Å². The minimum atomic E-state index is -0.680. The van der Waals surface area contributed by atoms with Crippen LogP contribution in [0.3, 0.4) is 0 Å². The highest BCUT2D eigenvalue weighted by Crippen LogP contribution is 2.48. The van der Waals surface area contributed by atoms with E-state index in [0.717, 1.165) is 22.5 Å². The second-order valence-electron chi connectivity index (χ2n) is 10.5. The number of fused-ring (bicyclic) bond motifs is 1. The van der Waals surface area contributed by atoms with Crippen LogP contribution < -0.4 is 19.7 Å². The van der Waals surface area contributed by atoms with Crippen LogP contribution in [0.5, 0.6) is 11.5 Å². The second kappa shape index (κ2) is 11.0. The molecule has 6 rings (SSSR count). The van der Waals surface area contributed by atoms with Crippen LogP contribution in [0.4, 0.5) is 11.4 Å². The molecule has 0 spiro atoms. The standard InChI is InChI=1S/C35H32N2O4/c1-22-13-15-23(16-14-22)26-19-28-33(30(38)20-26)34(25-17-18-31(40-2)32(21-25)41-3)37(29-12-8-7-11-27(29)36-28)35(39)24-9-5-4-6-10-24/h4-18,21,26,34,36H,19-20H2,1-3H3/t26-,34-/m1/s1. The number of hydrogen-bond acceptors (Lipinski definition) is 5. The third-order valence-corrected chi connectivity index (χ3v) is 8.00. The number of methoxy groups -OCH3 is 2. The highest BCUT2D eigenvalue weighted by Gasteiger charge is 2.42. The van der Waals surface area contributed by atoms with Crippen molar-refractivity contribution in [3.63, 3.8) is 0 Å². The van der Waals surface area contributed by atoms with Crippen molar-refractivity contribution in [3.05, 3.63) is 131 Å². The summed E-state index contributed by atoms with van der Waals surface area (Å²) in [6.07, 6.45) is 1.01. The lowest BCUT2D eigenvalue weighted by atomic mass is 9.78. The summed E-state index contributed by atoms with van der Waals surface area (Å²) in [5, 5.41) is 3.60. The lowest BCUT2D eigenvalue weighted by Gasteiger charge is -2.35. The minimum absolute atomic E-state index is 0.0165. The smallest absolute Gasteiger partial charge is 0.259 e. The molecule has 6 heteroatoms. The molecule has 0 fully saturated rings. The maximum Gasteiger partial charge on any atom is 0.259 e. The number of ketones is 1. The van der Waals surface area contributed by atoms with Crippen molar-refractivity contribution in [2.24, 2.45) is 0 Å². The van der Waals surface area contributed by atoms with Gasteiger partial charge in [0.2, 0.25) is 0 Å². The Morgan fingerprint density at radius 3 is 2.22 bits per heavy atom. The lowest BCUT2D eigenvalue weighted by molar-refractivity contribution is -0.116. The predicted octanol–water partition coefficient (Wildman–Crippen LogP) is 7.23. The van der Waals surface area contributed by atoms with Crippen molar-refractivity contribution < 1.29 is 19.1 Å². The van der Waals surface area contributed by atoms with Crippen LogP contribution in [-0.4, -0.2) is 25.9 Å².